The molecule has 0 amide bonds. The second kappa shape index (κ2) is 7.09. The van der Waals surface area contributed by atoms with E-state index in [1.807, 2.05) is 0 Å². The molecule has 33 heavy (non-hydrogen) atoms. The van der Waals surface area contributed by atoms with Crippen LogP contribution in [0.2, 0.25) is 0 Å². The third kappa shape index (κ3) is 2.73. The predicted octanol–water partition coefficient (Wildman–Crippen LogP) is 8.64. The molecule has 0 saturated heterocycles. The van der Waals surface area contributed by atoms with Gasteiger partial charge in [0.1, 0.15) is 0 Å². The van der Waals surface area contributed by atoms with Crippen LogP contribution in [-0.2, 0) is 0 Å². The number of hydrogen-bond acceptors (Lipinski definition) is 0. The van der Waals surface area contributed by atoms with Crippen molar-refractivity contribution in [2.45, 2.75) is 0 Å². The quantitative estimate of drug-likeness (QED) is 0.231. The summed E-state index contributed by atoms with van der Waals surface area (Å²) in [4.78, 5) is 0. The van der Waals surface area contributed by atoms with E-state index in [-0.39, 0.29) is 0 Å². The first-order valence-electron chi connectivity index (χ1n) is 11.1. The molecule has 0 atom stereocenters. The zero-order chi connectivity index (χ0) is 21.9. The molecule has 156 valence electrons. The van der Waals surface area contributed by atoms with E-state index in [1.165, 1.54) is 55.0 Å². The molecule has 0 bridgehead atoms. The summed E-state index contributed by atoms with van der Waals surface area (Å²) >= 11 is 3.69. The molecule has 7 aromatic rings. The maximum absolute atomic E-state index is 3.69. The molecule has 2 heterocycles. The van der Waals surface area contributed by atoms with E-state index in [9.17, 15) is 0 Å². The van der Waals surface area contributed by atoms with Crippen LogP contribution in [0.15, 0.2) is 120 Å². The van der Waals surface area contributed by atoms with Crippen LogP contribution in [0, 0.1) is 0 Å². The van der Waals surface area contributed by atoms with Gasteiger partial charge in [-0.15, -0.1) is 0 Å². The Morgan fingerprint density at radius 3 is 1.61 bits per heavy atom. The third-order valence-electron chi connectivity index (χ3n) is 6.56. The Hall–Kier alpha value is -3.82. The number of fused-ring (bicyclic) bond motifs is 6. The molecular formula is C30H19BrN2. The summed E-state index contributed by atoms with van der Waals surface area (Å²) in [5, 5.41) is 5.05. The van der Waals surface area contributed by atoms with Crippen molar-refractivity contribution in [1.82, 2.24) is 9.13 Å². The lowest BCUT2D eigenvalue weighted by Gasteiger charge is -2.10. The first kappa shape index (κ1) is 18.7. The molecule has 0 aliphatic heterocycles. The Labute approximate surface area is 199 Å². The Morgan fingerprint density at radius 1 is 0.394 bits per heavy atom. The molecule has 2 nitrogen and oxygen atoms in total. The Kier molecular flexibility index (Phi) is 4.02. The fourth-order valence-corrected chi connectivity index (χ4v) is 5.54. The number of hydrogen-bond donors (Lipinski definition) is 0. The van der Waals surface area contributed by atoms with E-state index >= 15 is 0 Å². The highest BCUT2D eigenvalue weighted by atomic mass is 79.9. The smallest absolute Gasteiger partial charge is 0.0542 e. The maximum Gasteiger partial charge on any atom is 0.0542 e. The first-order valence-corrected chi connectivity index (χ1v) is 11.9. The monoisotopic (exact) mass is 486 g/mol. The van der Waals surface area contributed by atoms with Crippen LogP contribution >= 0.6 is 15.9 Å². The van der Waals surface area contributed by atoms with Crippen molar-refractivity contribution in [1.29, 1.82) is 0 Å². The van der Waals surface area contributed by atoms with Crippen molar-refractivity contribution in [3.05, 3.63) is 120 Å². The Balaban J connectivity index is 1.60. The second-order valence-electron chi connectivity index (χ2n) is 8.40. The second-order valence-corrected chi connectivity index (χ2v) is 9.32. The van der Waals surface area contributed by atoms with E-state index in [2.05, 4.69) is 140 Å². The van der Waals surface area contributed by atoms with Gasteiger partial charge in [0.15, 0.2) is 0 Å². The standard InChI is InChI=1S/C30H19BrN2/c31-20-14-16-29-25(18-20)26-19-22(15-17-30(26)32(29)21-8-2-1-3-9-21)33-27-12-6-4-10-23(27)24-11-5-7-13-28(24)33/h1-19H. The molecule has 7 rings (SSSR count). The Bertz CT molecular complexity index is 1770. The summed E-state index contributed by atoms with van der Waals surface area (Å²) in [5.41, 5.74) is 7.21. The van der Waals surface area contributed by atoms with Crippen molar-refractivity contribution in [3.8, 4) is 11.4 Å². The summed E-state index contributed by atoms with van der Waals surface area (Å²) < 4.78 is 5.82. The van der Waals surface area contributed by atoms with Gasteiger partial charge in [-0.25, -0.2) is 0 Å². The van der Waals surface area contributed by atoms with Gasteiger partial charge in [-0.05, 0) is 60.7 Å². The fourth-order valence-electron chi connectivity index (χ4n) is 5.18. The molecule has 0 radical (unpaired) electrons. The predicted molar refractivity (Wildman–Crippen MR) is 143 cm³/mol. The molecule has 0 aliphatic rings. The lowest BCUT2D eigenvalue weighted by atomic mass is 10.1. The molecular weight excluding hydrogens is 468 g/mol. The highest BCUT2D eigenvalue weighted by Crippen LogP contribution is 2.37. The molecule has 5 aromatic carbocycles. The number of benzene rings is 5. The largest absolute Gasteiger partial charge is 0.309 e. The van der Waals surface area contributed by atoms with Gasteiger partial charge >= 0.3 is 0 Å². The number of aromatic nitrogens is 2. The normalized spacial score (nSPS) is 11.8. The van der Waals surface area contributed by atoms with Gasteiger partial charge in [0.05, 0.1) is 22.1 Å². The van der Waals surface area contributed by atoms with Gasteiger partial charge in [-0.2, -0.15) is 0 Å². The first-order chi connectivity index (χ1) is 16.3. The third-order valence-corrected chi connectivity index (χ3v) is 7.06. The van der Waals surface area contributed by atoms with E-state index in [1.54, 1.807) is 0 Å². The van der Waals surface area contributed by atoms with Crippen molar-refractivity contribution in [2.24, 2.45) is 0 Å². The van der Waals surface area contributed by atoms with E-state index in [0.717, 1.165) is 4.47 Å². The molecule has 0 aliphatic carbocycles. The fraction of sp³-hybridized carbons (Fsp3) is 0. The van der Waals surface area contributed by atoms with Crippen LogP contribution in [-0.4, -0.2) is 9.13 Å². The van der Waals surface area contributed by atoms with Gasteiger partial charge in [0.25, 0.3) is 0 Å². The molecule has 0 unspecified atom stereocenters. The van der Waals surface area contributed by atoms with Crippen LogP contribution < -0.4 is 0 Å². The highest BCUT2D eigenvalue weighted by Gasteiger charge is 2.16. The van der Waals surface area contributed by atoms with Crippen molar-refractivity contribution < 1.29 is 0 Å². The summed E-state index contributed by atoms with van der Waals surface area (Å²) in [6, 6.07) is 41.3. The average molecular weight is 487 g/mol. The average Bonchev–Trinajstić information content (AvgIpc) is 3.37. The zero-order valence-electron chi connectivity index (χ0n) is 17.7. The van der Waals surface area contributed by atoms with E-state index in [0.29, 0.717) is 0 Å². The van der Waals surface area contributed by atoms with Crippen LogP contribution in [0.3, 0.4) is 0 Å². The maximum atomic E-state index is 3.69. The Morgan fingerprint density at radius 2 is 0.909 bits per heavy atom. The topological polar surface area (TPSA) is 9.86 Å². The van der Waals surface area contributed by atoms with Crippen LogP contribution in [0.1, 0.15) is 0 Å². The number of halogens is 1. The number of para-hydroxylation sites is 3. The molecule has 0 spiro atoms. The molecule has 0 N–H and O–H groups in total. The van der Waals surface area contributed by atoms with E-state index < -0.39 is 0 Å². The summed E-state index contributed by atoms with van der Waals surface area (Å²) in [6.07, 6.45) is 0. The van der Waals surface area contributed by atoms with Crippen LogP contribution in [0.25, 0.3) is 55.0 Å². The van der Waals surface area contributed by atoms with Gasteiger partial charge in [-0.1, -0.05) is 70.5 Å². The van der Waals surface area contributed by atoms with Gasteiger partial charge in [0, 0.05) is 37.4 Å². The summed E-state index contributed by atoms with van der Waals surface area (Å²) in [6.45, 7) is 0. The van der Waals surface area contributed by atoms with Gasteiger partial charge < -0.3 is 9.13 Å². The molecule has 2 aromatic heterocycles. The van der Waals surface area contributed by atoms with Crippen molar-refractivity contribution in [2.75, 3.05) is 0 Å². The van der Waals surface area contributed by atoms with Crippen molar-refractivity contribution >= 4 is 59.5 Å². The summed E-state index contributed by atoms with van der Waals surface area (Å²) in [7, 11) is 0. The van der Waals surface area contributed by atoms with Crippen LogP contribution in [0.4, 0.5) is 0 Å². The minimum Gasteiger partial charge on any atom is -0.309 e. The zero-order valence-corrected chi connectivity index (χ0v) is 19.3. The molecule has 3 heteroatoms. The van der Waals surface area contributed by atoms with Crippen LogP contribution in [0.5, 0.6) is 0 Å². The lowest BCUT2D eigenvalue weighted by Crippen LogP contribution is -1.95. The number of rotatable bonds is 2. The lowest BCUT2D eigenvalue weighted by molar-refractivity contribution is 1.16. The molecule has 0 saturated carbocycles. The minimum absolute atomic E-state index is 1.09. The summed E-state index contributed by atoms with van der Waals surface area (Å²) in [5.74, 6) is 0. The van der Waals surface area contributed by atoms with Gasteiger partial charge in [0.2, 0.25) is 0 Å². The SMILES string of the molecule is Brc1ccc2c(c1)c1cc(-n3c4ccccc4c4ccccc43)ccc1n2-c1ccccc1. The minimum atomic E-state index is 1.09. The highest BCUT2D eigenvalue weighted by molar-refractivity contribution is 9.10. The number of nitrogens with zero attached hydrogens (tertiary/aromatic N) is 2. The molecule has 0 fully saturated rings. The van der Waals surface area contributed by atoms with E-state index in [4.69, 9.17) is 0 Å². The van der Waals surface area contributed by atoms with Crippen molar-refractivity contribution in [3.63, 3.8) is 0 Å². The van der Waals surface area contributed by atoms with Gasteiger partial charge in [-0.3, -0.25) is 0 Å².